The number of aryl methyl sites for hydroxylation is 1. The van der Waals surface area contributed by atoms with Gasteiger partial charge < -0.3 is 10.6 Å². The van der Waals surface area contributed by atoms with Crippen molar-refractivity contribution < 1.29 is 4.79 Å². The highest BCUT2D eigenvalue weighted by Gasteiger charge is 2.19. The Morgan fingerprint density at radius 1 is 1.18 bits per heavy atom. The molecule has 2 aromatic carbocycles. The van der Waals surface area contributed by atoms with Crippen LogP contribution in [-0.4, -0.2) is 35.3 Å². The molecule has 4 rings (SSSR count). The fourth-order valence-electron chi connectivity index (χ4n) is 3.62. The quantitative estimate of drug-likeness (QED) is 0.693. The average molecular weight is 374 g/mol. The minimum absolute atomic E-state index is 0.0665. The molecule has 1 aromatic heterocycles. The van der Waals surface area contributed by atoms with Gasteiger partial charge in [0.2, 0.25) is 0 Å². The molecule has 1 fully saturated rings. The van der Waals surface area contributed by atoms with Crippen molar-refractivity contribution in [1.82, 2.24) is 20.4 Å². The van der Waals surface area contributed by atoms with Crippen LogP contribution in [0.4, 0.5) is 0 Å². The Morgan fingerprint density at radius 3 is 2.68 bits per heavy atom. The summed E-state index contributed by atoms with van der Waals surface area (Å²) in [7, 11) is 0. The van der Waals surface area contributed by atoms with Crippen molar-refractivity contribution in [2.24, 2.45) is 5.92 Å². The summed E-state index contributed by atoms with van der Waals surface area (Å²) in [5.74, 6) is 0.590. The van der Waals surface area contributed by atoms with Gasteiger partial charge in [0.25, 0.3) is 5.91 Å². The molecule has 2 N–H and O–H groups in total. The molecule has 0 aliphatic carbocycles. The third-order valence-corrected chi connectivity index (χ3v) is 5.31. The van der Waals surface area contributed by atoms with Crippen LogP contribution < -0.4 is 10.6 Å². The minimum Gasteiger partial charge on any atom is -0.352 e. The van der Waals surface area contributed by atoms with Crippen molar-refractivity contribution >= 4 is 5.91 Å². The normalized spacial score (nSPS) is 16.2. The summed E-state index contributed by atoms with van der Waals surface area (Å²) >= 11 is 0. The summed E-state index contributed by atoms with van der Waals surface area (Å²) in [5.41, 5.74) is 4.40. The first-order valence-corrected chi connectivity index (χ1v) is 9.92. The number of rotatable bonds is 6. The maximum absolute atomic E-state index is 12.9. The van der Waals surface area contributed by atoms with E-state index in [9.17, 15) is 4.79 Å². The molecule has 144 valence electrons. The Morgan fingerprint density at radius 2 is 1.96 bits per heavy atom. The van der Waals surface area contributed by atoms with Gasteiger partial charge in [0.15, 0.2) is 0 Å². The molecule has 2 heterocycles. The van der Waals surface area contributed by atoms with Crippen molar-refractivity contribution in [2.45, 2.75) is 19.8 Å². The summed E-state index contributed by atoms with van der Waals surface area (Å²) in [6.45, 7) is 4.88. The maximum atomic E-state index is 12.9. The molecule has 1 saturated heterocycles. The van der Waals surface area contributed by atoms with Gasteiger partial charge in [-0.2, -0.15) is 5.10 Å². The van der Waals surface area contributed by atoms with Gasteiger partial charge in [-0.1, -0.05) is 48.0 Å². The van der Waals surface area contributed by atoms with Crippen LogP contribution in [0.1, 0.15) is 28.8 Å². The van der Waals surface area contributed by atoms with E-state index in [1.165, 1.54) is 12.0 Å². The van der Waals surface area contributed by atoms with Gasteiger partial charge in [-0.05, 0) is 50.9 Å². The molecular formula is C23H26N4O. The lowest BCUT2D eigenvalue weighted by atomic mass is 10.0. The molecule has 5 nitrogen and oxygen atoms in total. The van der Waals surface area contributed by atoms with Crippen LogP contribution in [0.25, 0.3) is 16.9 Å². The summed E-state index contributed by atoms with van der Waals surface area (Å²) in [5, 5.41) is 11.2. The summed E-state index contributed by atoms with van der Waals surface area (Å²) in [6, 6.07) is 18.0. The van der Waals surface area contributed by atoms with Crippen LogP contribution in [0.3, 0.4) is 0 Å². The third-order valence-electron chi connectivity index (χ3n) is 5.31. The highest BCUT2D eigenvalue weighted by Crippen LogP contribution is 2.24. The third kappa shape index (κ3) is 4.15. The summed E-state index contributed by atoms with van der Waals surface area (Å²) < 4.78 is 1.79. The lowest BCUT2D eigenvalue weighted by Gasteiger charge is -2.09. The van der Waals surface area contributed by atoms with Crippen LogP contribution in [0.5, 0.6) is 0 Å². The number of nitrogens with zero attached hydrogens (tertiary/aromatic N) is 2. The Kier molecular flexibility index (Phi) is 5.53. The zero-order chi connectivity index (χ0) is 19.3. The largest absolute Gasteiger partial charge is 0.352 e. The highest BCUT2D eigenvalue weighted by atomic mass is 16.1. The Bertz CT molecular complexity index is 925. The molecule has 3 aromatic rings. The molecule has 1 aliphatic rings. The predicted molar refractivity (Wildman–Crippen MR) is 112 cm³/mol. The van der Waals surface area contributed by atoms with Crippen LogP contribution in [0.15, 0.2) is 60.8 Å². The van der Waals surface area contributed by atoms with Gasteiger partial charge >= 0.3 is 0 Å². The lowest BCUT2D eigenvalue weighted by Crippen LogP contribution is -2.26. The zero-order valence-corrected chi connectivity index (χ0v) is 16.2. The number of amides is 1. The van der Waals surface area contributed by atoms with E-state index < -0.39 is 0 Å². The highest BCUT2D eigenvalue weighted by molar-refractivity contribution is 5.99. The zero-order valence-electron chi connectivity index (χ0n) is 16.2. The fraction of sp³-hybridized carbons (Fsp3) is 0.304. The molecule has 1 unspecified atom stereocenters. The van der Waals surface area contributed by atoms with Gasteiger partial charge in [-0.25, -0.2) is 4.68 Å². The average Bonchev–Trinajstić information content (AvgIpc) is 3.39. The summed E-state index contributed by atoms with van der Waals surface area (Å²) in [4.78, 5) is 12.9. The Labute approximate surface area is 165 Å². The SMILES string of the molecule is Cc1ccc(-n2cc(C(=O)NCCC3CCNC3)c(-c3ccccc3)n2)cc1. The second-order valence-corrected chi connectivity index (χ2v) is 7.44. The van der Waals surface area contributed by atoms with Gasteiger partial charge in [-0.15, -0.1) is 0 Å². The van der Waals surface area contributed by atoms with Crippen LogP contribution in [-0.2, 0) is 0 Å². The molecule has 0 bridgehead atoms. The second-order valence-electron chi connectivity index (χ2n) is 7.44. The molecule has 5 heteroatoms. The van der Waals surface area contributed by atoms with Gasteiger partial charge in [0, 0.05) is 18.3 Å². The van der Waals surface area contributed by atoms with Gasteiger partial charge in [-0.3, -0.25) is 4.79 Å². The number of benzene rings is 2. The number of nitrogens with one attached hydrogen (secondary N) is 2. The van der Waals surface area contributed by atoms with E-state index in [0.29, 0.717) is 23.7 Å². The van der Waals surface area contributed by atoms with E-state index in [1.807, 2.05) is 48.7 Å². The number of hydrogen-bond donors (Lipinski definition) is 2. The lowest BCUT2D eigenvalue weighted by molar-refractivity contribution is 0.0952. The van der Waals surface area contributed by atoms with Crippen LogP contribution in [0.2, 0.25) is 0 Å². The van der Waals surface area contributed by atoms with Crippen molar-refractivity contribution in [1.29, 1.82) is 0 Å². The molecule has 0 saturated carbocycles. The number of hydrogen-bond acceptors (Lipinski definition) is 3. The topological polar surface area (TPSA) is 59.0 Å². The van der Waals surface area contributed by atoms with E-state index in [2.05, 4.69) is 29.7 Å². The first kappa shape index (κ1) is 18.4. The van der Waals surface area contributed by atoms with Gasteiger partial charge in [0.1, 0.15) is 5.69 Å². The summed E-state index contributed by atoms with van der Waals surface area (Å²) in [6.07, 6.45) is 4.03. The van der Waals surface area contributed by atoms with E-state index in [1.54, 1.807) is 4.68 Å². The van der Waals surface area contributed by atoms with Crippen molar-refractivity contribution in [2.75, 3.05) is 19.6 Å². The number of carbonyl (C=O) groups excluding carboxylic acids is 1. The van der Waals surface area contributed by atoms with Gasteiger partial charge in [0.05, 0.1) is 11.3 Å². The monoisotopic (exact) mass is 374 g/mol. The molecule has 28 heavy (non-hydrogen) atoms. The first-order valence-electron chi connectivity index (χ1n) is 9.92. The molecular weight excluding hydrogens is 348 g/mol. The smallest absolute Gasteiger partial charge is 0.255 e. The number of carbonyl (C=O) groups is 1. The standard InChI is InChI=1S/C23H26N4O/c1-17-7-9-20(10-8-17)27-16-21(22(26-27)19-5-3-2-4-6-19)23(28)25-14-12-18-11-13-24-15-18/h2-10,16,18,24H,11-15H2,1H3,(H,25,28). The van der Waals surface area contributed by atoms with E-state index in [4.69, 9.17) is 5.10 Å². The van der Waals surface area contributed by atoms with Crippen molar-refractivity contribution in [3.05, 3.63) is 71.9 Å². The van der Waals surface area contributed by atoms with Crippen LogP contribution >= 0.6 is 0 Å². The van der Waals surface area contributed by atoms with E-state index in [-0.39, 0.29) is 5.91 Å². The Balaban J connectivity index is 1.58. The molecule has 0 radical (unpaired) electrons. The molecule has 1 amide bonds. The minimum atomic E-state index is -0.0665. The molecule has 0 spiro atoms. The molecule has 1 atom stereocenters. The second kappa shape index (κ2) is 8.40. The Hall–Kier alpha value is -2.92. The number of aromatic nitrogens is 2. The molecule has 1 aliphatic heterocycles. The van der Waals surface area contributed by atoms with Crippen molar-refractivity contribution in [3.63, 3.8) is 0 Å². The fourth-order valence-corrected chi connectivity index (χ4v) is 3.62. The van der Waals surface area contributed by atoms with E-state index in [0.717, 1.165) is 30.8 Å². The van der Waals surface area contributed by atoms with E-state index >= 15 is 0 Å². The predicted octanol–water partition coefficient (Wildman–Crippen LogP) is 3.58. The van der Waals surface area contributed by atoms with Crippen molar-refractivity contribution in [3.8, 4) is 16.9 Å². The van der Waals surface area contributed by atoms with Crippen LogP contribution in [0, 0.1) is 12.8 Å². The first-order chi connectivity index (χ1) is 13.7. The maximum Gasteiger partial charge on any atom is 0.255 e.